The molecule has 1 saturated heterocycles. The Morgan fingerprint density at radius 1 is 1.30 bits per heavy atom. The van der Waals surface area contributed by atoms with Crippen molar-refractivity contribution in [3.05, 3.63) is 35.4 Å². The zero-order chi connectivity index (χ0) is 14.5. The highest BCUT2D eigenvalue weighted by Gasteiger charge is 2.25. The highest BCUT2D eigenvalue weighted by atomic mass is 19.3. The molecule has 5 heteroatoms. The zero-order valence-electron chi connectivity index (χ0n) is 11.8. The lowest BCUT2D eigenvalue weighted by molar-refractivity contribution is 0.0293. The van der Waals surface area contributed by atoms with Gasteiger partial charge in [0.25, 0.3) is 6.43 Å². The molecular formula is C15H22F2N2O. The fourth-order valence-electron chi connectivity index (χ4n) is 2.79. The Bertz CT molecular complexity index is 422. The third-order valence-electron chi connectivity index (χ3n) is 4.03. The van der Waals surface area contributed by atoms with Gasteiger partial charge < -0.3 is 10.5 Å². The maximum atomic E-state index is 12.8. The summed E-state index contributed by atoms with van der Waals surface area (Å²) < 4.78 is 31.0. The first kappa shape index (κ1) is 15.4. The molecule has 1 fully saturated rings. The first-order chi connectivity index (χ1) is 9.63. The van der Waals surface area contributed by atoms with Crippen molar-refractivity contribution in [3.8, 4) is 0 Å². The second-order valence-electron chi connectivity index (χ2n) is 5.23. The fraction of sp³-hybridized carbons (Fsp3) is 0.600. The first-order valence-electron chi connectivity index (χ1n) is 7.01. The molecule has 1 unspecified atom stereocenters. The number of hydrogen-bond acceptors (Lipinski definition) is 3. The summed E-state index contributed by atoms with van der Waals surface area (Å²) >= 11 is 0. The Hall–Kier alpha value is -1.04. The number of likely N-dealkylation sites (N-methyl/N-ethyl adjacent to an activating group) is 1. The van der Waals surface area contributed by atoms with Crippen LogP contribution in [-0.2, 0) is 4.74 Å². The van der Waals surface area contributed by atoms with Gasteiger partial charge in [-0.3, -0.25) is 4.90 Å². The van der Waals surface area contributed by atoms with E-state index in [0.717, 1.165) is 31.6 Å². The number of nitrogens with two attached hydrogens (primary N) is 1. The van der Waals surface area contributed by atoms with Crippen LogP contribution in [0.25, 0.3) is 0 Å². The van der Waals surface area contributed by atoms with Crippen LogP contribution in [-0.4, -0.2) is 37.7 Å². The number of ether oxygens (including phenoxy) is 1. The smallest absolute Gasteiger partial charge is 0.263 e. The third-order valence-corrected chi connectivity index (χ3v) is 4.03. The molecule has 0 aromatic heterocycles. The monoisotopic (exact) mass is 284 g/mol. The third kappa shape index (κ3) is 3.53. The lowest BCUT2D eigenvalue weighted by atomic mass is 9.99. The summed E-state index contributed by atoms with van der Waals surface area (Å²) in [5.41, 5.74) is 6.80. The maximum absolute atomic E-state index is 12.8. The van der Waals surface area contributed by atoms with E-state index in [1.54, 1.807) is 12.1 Å². The van der Waals surface area contributed by atoms with E-state index >= 15 is 0 Å². The van der Waals surface area contributed by atoms with Crippen molar-refractivity contribution in [1.29, 1.82) is 0 Å². The molecule has 0 bridgehead atoms. The van der Waals surface area contributed by atoms with E-state index in [2.05, 4.69) is 4.90 Å². The van der Waals surface area contributed by atoms with Crippen molar-refractivity contribution in [2.45, 2.75) is 31.4 Å². The Morgan fingerprint density at radius 3 is 2.55 bits per heavy atom. The van der Waals surface area contributed by atoms with Gasteiger partial charge in [0, 0.05) is 37.4 Å². The largest absolute Gasteiger partial charge is 0.381 e. The molecule has 1 aliphatic rings. The Morgan fingerprint density at radius 2 is 1.95 bits per heavy atom. The molecule has 2 rings (SSSR count). The molecule has 112 valence electrons. The molecule has 1 aliphatic heterocycles. The number of halogens is 2. The summed E-state index contributed by atoms with van der Waals surface area (Å²) in [7, 11) is 2.02. The van der Waals surface area contributed by atoms with Crippen LogP contribution in [0.1, 0.15) is 36.4 Å². The van der Waals surface area contributed by atoms with Gasteiger partial charge in [0.05, 0.1) is 0 Å². The first-order valence-corrected chi connectivity index (χ1v) is 7.01. The molecular weight excluding hydrogens is 262 g/mol. The second-order valence-corrected chi connectivity index (χ2v) is 5.23. The Kier molecular flexibility index (Phi) is 5.46. The van der Waals surface area contributed by atoms with Crippen LogP contribution in [0, 0.1) is 0 Å². The van der Waals surface area contributed by atoms with Gasteiger partial charge in [0.2, 0.25) is 0 Å². The van der Waals surface area contributed by atoms with Crippen molar-refractivity contribution in [1.82, 2.24) is 4.90 Å². The fourth-order valence-corrected chi connectivity index (χ4v) is 2.79. The van der Waals surface area contributed by atoms with Crippen molar-refractivity contribution in [2.75, 3.05) is 26.8 Å². The predicted molar refractivity (Wildman–Crippen MR) is 74.8 cm³/mol. The van der Waals surface area contributed by atoms with Crippen molar-refractivity contribution in [2.24, 2.45) is 5.73 Å². The summed E-state index contributed by atoms with van der Waals surface area (Å²) in [5, 5.41) is 0. The lowest BCUT2D eigenvalue weighted by Gasteiger charge is -2.37. The van der Waals surface area contributed by atoms with E-state index in [1.807, 2.05) is 13.1 Å². The molecule has 0 radical (unpaired) electrons. The van der Waals surface area contributed by atoms with Gasteiger partial charge in [-0.2, -0.15) is 0 Å². The summed E-state index contributed by atoms with van der Waals surface area (Å²) in [6, 6.07) is 6.94. The molecule has 1 aromatic carbocycles. The summed E-state index contributed by atoms with van der Waals surface area (Å²) in [4.78, 5) is 2.20. The van der Waals surface area contributed by atoms with Crippen LogP contribution in [0.5, 0.6) is 0 Å². The Labute approximate surface area is 118 Å². The highest BCUT2D eigenvalue weighted by Crippen LogP contribution is 2.27. The van der Waals surface area contributed by atoms with E-state index in [1.165, 1.54) is 6.07 Å². The van der Waals surface area contributed by atoms with E-state index in [4.69, 9.17) is 10.5 Å². The standard InChI is InChI=1S/C15H22F2N2O/c1-19(13-5-7-20-8-6-13)14(10-18)11-3-2-4-12(9-11)15(16)17/h2-4,9,13-15H,5-8,10,18H2,1H3. The molecule has 0 saturated carbocycles. The van der Waals surface area contributed by atoms with Gasteiger partial charge in [0.1, 0.15) is 0 Å². The molecule has 0 spiro atoms. The number of nitrogens with zero attached hydrogens (tertiary/aromatic N) is 1. The van der Waals surface area contributed by atoms with Gasteiger partial charge in [-0.15, -0.1) is 0 Å². The normalized spacial score (nSPS) is 18.7. The van der Waals surface area contributed by atoms with Gasteiger partial charge in [-0.05, 0) is 31.5 Å². The zero-order valence-corrected chi connectivity index (χ0v) is 11.8. The quantitative estimate of drug-likeness (QED) is 0.903. The topological polar surface area (TPSA) is 38.5 Å². The van der Waals surface area contributed by atoms with Crippen LogP contribution < -0.4 is 5.73 Å². The van der Waals surface area contributed by atoms with Crippen molar-refractivity contribution in [3.63, 3.8) is 0 Å². The van der Waals surface area contributed by atoms with Crippen LogP contribution >= 0.6 is 0 Å². The molecule has 1 atom stereocenters. The van der Waals surface area contributed by atoms with Crippen LogP contribution in [0.3, 0.4) is 0 Å². The van der Waals surface area contributed by atoms with Gasteiger partial charge >= 0.3 is 0 Å². The second kappa shape index (κ2) is 7.11. The van der Waals surface area contributed by atoms with Crippen LogP contribution in [0.2, 0.25) is 0 Å². The van der Waals surface area contributed by atoms with E-state index in [0.29, 0.717) is 12.6 Å². The highest BCUT2D eigenvalue weighted by molar-refractivity contribution is 5.27. The number of hydrogen-bond donors (Lipinski definition) is 1. The summed E-state index contributed by atoms with van der Waals surface area (Å²) in [6.07, 6.45) is -0.523. The SMILES string of the molecule is CN(C1CCOCC1)C(CN)c1cccc(C(F)F)c1. The molecule has 3 nitrogen and oxygen atoms in total. The maximum Gasteiger partial charge on any atom is 0.263 e. The number of alkyl halides is 2. The van der Waals surface area contributed by atoms with E-state index in [-0.39, 0.29) is 11.6 Å². The molecule has 20 heavy (non-hydrogen) atoms. The molecule has 1 aromatic rings. The molecule has 2 N–H and O–H groups in total. The number of rotatable bonds is 5. The number of benzene rings is 1. The summed E-state index contributed by atoms with van der Waals surface area (Å²) in [5.74, 6) is 0. The van der Waals surface area contributed by atoms with Crippen molar-refractivity contribution < 1.29 is 13.5 Å². The van der Waals surface area contributed by atoms with Gasteiger partial charge in [-0.1, -0.05) is 18.2 Å². The molecule has 0 aliphatic carbocycles. The minimum Gasteiger partial charge on any atom is -0.381 e. The minimum absolute atomic E-state index is 0.0307. The minimum atomic E-state index is -2.44. The molecule has 0 amide bonds. The average Bonchev–Trinajstić information content (AvgIpc) is 2.49. The van der Waals surface area contributed by atoms with Crippen molar-refractivity contribution >= 4 is 0 Å². The molecule has 1 heterocycles. The summed E-state index contributed by atoms with van der Waals surface area (Å²) in [6.45, 7) is 1.92. The van der Waals surface area contributed by atoms with E-state index in [9.17, 15) is 8.78 Å². The van der Waals surface area contributed by atoms with Gasteiger partial charge in [-0.25, -0.2) is 8.78 Å². The van der Waals surface area contributed by atoms with Gasteiger partial charge in [0.15, 0.2) is 0 Å². The average molecular weight is 284 g/mol. The predicted octanol–water partition coefficient (Wildman–Crippen LogP) is 2.73. The van der Waals surface area contributed by atoms with E-state index < -0.39 is 6.43 Å². The lowest BCUT2D eigenvalue weighted by Crippen LogP contribution is -2.41. The Balaban J connectivity index is 2.15. The van der Waals surface area contributed by atoms with Crippen LogP contribution in [0.4, 0.5) is 8.78 Å². The van der Waals surface area contributed by atoms with Crippen LogP contribution in [0.15, 0.2) is 24.3 Å².